The molecular formula is C25H53N3. The highest BCUT2D eigenvalue weighted by atomic mass is 15.2. The van der Waals surface area contributed by atoms with E-state index in [1.54, 1.807) is 0 Å². The molecular weight excluding hydrogens is 342 g/mol. The van der Waals surface area contributed by atoms with Crippen LogP contribution in [0.4, 0.5) is 0 Å². The molecule has 3 aliphatic rings. The lowest BCUT2D eigenvalue weighted by molar-refractivity contribution is 0.0167. The summed E-state index contributed by atoms with van der Waals surface area (Å²) >= 11 is 0. The van der Waals surface area contributed by atoms with E-state index in [2.05, 4.69) is 42.4 Å². The molecule has 3 saturated heterocycles. The van der Waals surface area contributed by atoms with E-state index >= 15 is 0 Å². The lowest BCUT2D eigenvalue weighted by Gasteiger charge is -2.48. The van der Waals surface area contributed by atoms with E-state index in [-0.39, 0.29) is 0 Å². The van der Waals surface area contributed by atoms with Gasteiger partial charge in [-0.3, -0.25) is 0 Å². The predicted octanol–water partition coefficient (Wildman–Crippen LogP) is 5.75. The van der Waals surface area contributed by atoms with Gasteiger partial charge in [-0.2, -0.15) is 0 Å². The van der Waals surface area contributed by atoms with Crippen LogP contribution >= 0.6 is 0 Å². The van der Waals surface area contributed by atoms with Crippen LogP contribution in [0.3, 0.4) is 0 Å². The van der Waals surface area contributed by atoms with Crippen molar-refractivity contribution in [3.05, 3.63) is 0 Å². The van der Waals surface area contributed by atoms with E-state index in [0.29, 0.717) is 5.41 Å². The lowest BCUT2D eigenvalue weighted by Crippen LogP contribution is -2.49. The Morgan fingerprint density at radius 3 is 1.46 bits per heavy atom. The molecule has 0 aromatic heterocycles. The van der Waals surface area contributed by atoms with Gasteiger partial charge in [-0.15, -0.1) is 0 Å². The van der Waals surface area contributed by atoms with Crippen molar-refractivity contribution in [3.8, 4) is 0 Å². The highest BCUT2D eigenvalue weighted by molar-refractivity contribution is 4.91. The third-order valence-corrected chi connectivity index (χ3v) is 7.40. The van der Waals surface area contributed by atoms with Crippen LogP contribution in [0.25, 0.3) is 0 Å². The molecule has 3 heteroatoms. The number of hydrogen-bond acceptors (Lipinski definition) is 3. The lowest BCUT2D eigenvalue weighted by atomic mass is 9.71. The molecule has 3 fully saturated rings. The molecule has 1 spiro atoms. The van der Waals surface area contributed by atoms with Crippen LogP contribution in [0.15, 0.2) is 0 Å². The van der Waals surface area contributed by atoms with Crippen LogP contribution in [-0.4, -0.2) is 72.6 Å². The molecule has 0 saturated carbocycles. The summed E-state index contributed by atoms with van der Waals surface area (Å²) in [6.07, 6.45) is 8.66. The second kappa shape index (κ2) is 13.2. The Labute approximate surface area is 178 Å². The Morgan fingerprint density at radius 2 is 1.04 bits per heavy atom. The van der Waals surface area contributed by atoms with E-state index in [1.807, 2.05) is 27.7 Å². The number of hydrogen-bond donors (Lipinski definition) is 0. The summed E-state index contributed by atoms with van der Waals surface area (Å²) < 4.78 is 0. The van der Waals surface area contributed by atoms with Crippen LogP contribution in [-0.2, 0) is 0 Å². The molecule has 0 unspecified atom stereocenters. The van der Waals surface area contributed by atoms with Crippen molar-refractivity contribution in [2.24, 2.45) is 11.3 Å². The van der Waals surface area contributed by atoms with Crippen molar-refractivity contribution in [2.45, 2.75) is 106 Å². The standard InChI is InChI=1S/C21H41N3.2C2H6/c1-18(2)23-11-5-20(6-12-23)17-22-13-7-21(8-14-22)9-15-24(16-10-21)19(3)4;2*1-2/h18-20H,5-17H2,1-4H3;2*1-2H3. The molecule has 0 N–H and O–H groups in total. The van der Waals surface area contributed by atoms with Gasteiger partial charge in [-0.05, 0) is 117 Å². The van der Waals surface area contributed by atoms with Crippen molar-refractivity contribution in [2.75, 3.05) is 45.8 Å². The van der Waals surface area contributed by atoms with Crippen LogP contribution < -0.4 is 0 Å². The first-order valence-corrected chi connectivity index (χ1v) is 12.7. The summed E-state index contributed by atoms with van der Waals surface area (Å²) in [6, 6.07) is 1.47. The Bertz CT molecular complexity index is 367. The number of likely N-dealkylation sites (tertiary alicyclic amines) is 3. The second-order valence-corrected chi connectivity index (χ2v) is 9.50. The van der Waals surface area contributed by atoms with Gasteiger partial charge < -0.3 is 14.7 Å². The molecule has 28 heavy (non-hydrogen) atoms. The number of nitrogens with zero attached hydrogens (tertiary/aromatic N) is 3. The quantitative estimate of drug-likeness (QED) is 0.600. The van der Waals surface area contributed by atoms with Crippen LogP contribution in [0.2, 0.25) is 0 Å². The summed E-state index contributed by atoms with van der Waals surface area (Å²) in [5, 5.41) is 0. The monoisotopic (exact) mass is 395 g/mol. The summed E-state index contributed by atoms with van der Waals surface area (Å²) in [7, 11) is 0. The van der Waals surface area contributed by atoms with Crippen molar-refractivity contribution in [3.63, 3.8) is 0 Å². The van der Waals surface area contributed by atoms with Gasteiger partial charge >= 0.3 is 0 Å². The van der Waals surface area contributed by atoms with Gasteiger partial charge in [0, 0.05) is 18.6 Å². The average molecular weight is 396 g/mol. The van der Waals surface area contributed by atoms with E-state index < -0.39 is 0 Å². The summed E-state index contributed by atoms with van der Waals surface area (Å²) in [4.78, 5) is 8.14. The number of rotatable bonds is 4. The molecule has 0 aromatic rings. The van der Waals surface area contributed by atoms with Crippen LogP contribution in [0, 0.1) is 11.3 Å². The molecule has 3 aliphatic heterocycles. The van der Waals surface area contributed by atoms with Crippen molar-refractivity contribution in [1.82, 2.24) is 14.7 Å². The van der Waals surface area contributed by atoms with Gasteiger partial charge in [0.15, 0.2) is 0 Å². The molecule has 0 bridgehead atoms. The zero-order valence-electron chi connectivity index (χ0n) is 20.8. The summed E-state index contributed by atoms with van der Waals surface area (Å²) in [5.41, 5.74) is 0.697. The Hall–Kier alpha value is -0.120. The fourth-order valence-electron chi connectivity index (χ4n) is 5.24. The van der Waals surface area contributed by atoms with Crippen LogP contribution in [0.1, 0.15) is 93.9 Å². The van der Waals surface area contributed by atoms with Crippen molar-refractivity contribution >= 4 is 0 Å². The van der Waals surface area contributed by atoms with Crippen molar-refractivity contribution in [1.29, 1.82) is 0 Å². The van der Waals surface area contributed by atoms with Gasteiger partial charge in [0.1, 0.15) is 0 Å². The first-order valence-electron chi connectivity index (χ1n) is 12.7. The molecule has 168 valence electrons. The zero-order valence-corrected chi connectivity index (χ0v) is 20.8. The van der Waals surface area contributed by atoms with Gasteiger partial charge in [-0.25, -0.2) is 0 Å². The van der Waals surface area contributed by atoms with Gasteiger partial charge in [-0.1, -0.05) is 27.7 Å². The fraction of sp³-hybridized carbons (Fsp3) is 1.00. The third kappa shape index (κ3) is 7.61. The minimum Gasteiger partial charge on any atom is -0.303 e. The molecule has 3 heterocycles. The topological polar surface area (TPSA) is 9.72 Å². The Balaban J connectivity index is 0.000000921. The summed E-state index contributed by atoms with van der Waals surface area (Å²) in [6.45, 7) is 26.8. The highest BCUT2D eigenvalue weighted by Crippen LogP contribution is 2.41. The largest absolute Gasteiger partial charge is 0.303 e. The normalized spacial score (nSPS) is 24.6. The Kier molecular flexibility index (Phi) is 12.3. The van der Waals surface area contributed by atoms with Gasteiger partial charge in [0.2, 0.25) is 0 Å². The second-order valence-electron chi connectivity index (χ2n) is 9.50. The van der Waals surface area contributed by atoms with Gasteiger partial charge in [0.25, 0.3) is 0 Å². The summed E-state index contributed by atoms with van der Waals surface area (Å²) in [5.74, 6) is 0.955. The van der Waals surface area contributed by atoms with Crippen molar-refractivity contribution < 1.29 is 0 Å². The average Bonchev–Trinajstić information content (AvgIpc) is 2.74. The fourth-order valence-corrected chi connectivity index (χ4v) is 5.24. The molecule has 0 aliphatic carbocycles. The first kappa shape index (κ1) is 25.9. The molecule has 3 nitrogen and oxygen atoms in total. The Morgan fingerprint density at radius 1 is 0.643 bits per heavy atom. The molecule has 0 atom stereocenters. The number of piperidine rings is 3. The SMILES string of the molecule is CC.CC.CC(C)N1CCC(CN2CCC3(CC2)CCN(C(C)C)CC3)CC1. The maximum atomic E-state index is 2.80. The van der Waals surface area contributed by atoms with Gasteiger partial charge in [0.05, 0.1) is 0 Å². The van der Waals surface area contributed by atoms with Crippen LogP contribution in [0.5, 0.6) is 0 Å². The minimum atomic E-state index is 0.697. The van der Waals surface area contributed by atoms with E-state index in [4.69, 9.17) is 0 Å². The smallest absolute Gasteiger partial charge is 0.00385 e. The maximum absolute atomic E-state index is 2.80. The molecule has 3 rings (SSSR count). The molecule has 0 aromatic carbocycles. The highest BCUT2D eigenvalue weighted by Gasteiger charge is 2.38. The van der Waals surface area contributed by atoms with E-state index in [1.165, 1.54) is 84.3 Å². The van der Waals surface area contributed by atoms with E-state index in [9.17, 15) is 0 Å². The minimum absolute atomic E-state index is 0.697. The zero-order chi connectivity index (χ0) is 21.2. The first-order chi connectivity index (χ1) is 13.5. The molecule has 0 radical (unpaired) electrons. The van der Waals surface area contributed by atoms with E-state index in [0.717, 1.165) is 18.0 Å². The maximum Gasteiger partial charge on any atom is 0.00385 e. The third-order valence-electron chi connectivity index (χ3n) is 7.40. The molecule has 0 amide bonds. The predicted molar refractivity (Wildman–Crippen MR) is 126 cm³/mol.